The third kappa shape index (κ3) is 3.41. The van der Waals surface area contributed by atoms with Gasteiger partial charge >= 0.3 is 0 Å². The highest BCUT2D eigenvalue weighted by Crippen LogP contribution is 2.26. The fourth-order valence-electron chi connectivity index (χ4n) is 2.44. The Labute approximate surface area is 111 Å². The second-order valence-electron chi connectivity index (χ2n) is 5.03. The van der Waals surface area contributed by atoms with Gasteiger partial charge in [0, 0.05) is 30.9 Å². The van der Waals surface area contributed by atoms with Crippen LogP contribution in [0.1, 0.15) is 19.8 Å². The van der Waals surface area contributed by atoms with Crippen LogP contribution in [-0.4, -0.2) is 26.2 Å². The van der Waals surface area contributed by atoms with E-state index in [4.69, 9.17) is 0 Å². The predicted octanol–water partition coefficient (Wildman–Crippen LogP) is 2.93. The molecule has 0 saturated carbocycles. The van der Waals surface area contributed by atoms with E-state index in [1.165, 1.54) is 0 Å². The first-order valence-corrected chi connectivity index (χ1v) is 6.72. The quantitative estimate of drug-likeness (QED) is 0.655. The summed E-state index contributed by atoms with van der Waals surface area (Å²) in [5.41, 5.74) is 0.425. The molecular weight excluding hydrogens is 253 g/mol. The summed E-state index contributed by atoms with van der Waals surface area (Å²) in [6.45, 7) is 5.51. The average molecular weight is 272 g/mol. The minimum Gasteiger partial charge on any atom is -0.371 e. The van der Waals surface area contributed by atoms with E-state index in [0.29, 0.717) is 11.6 Å². The summed E-state index contributed by atoms with van der Waals surface area (Å²) in [5, 5.41) is 3.35. The Hall–Kier alpha value is -1.23. The molecule has 19 heavy (non-hydrogen) atoms. The zero-order valence-corrected chi connectivity index (χ0v) is 11.1. The molecule has 0 radical (unpaired) electrons. The third-order valence-electron chi connectivity index (χ3n) is 3.48. The molecule has 1 N–H and O–H groups in total. The maximum Gasteiger partial charge on any atom is 0.194 e. The van der Waals surface area contributed by atoms with Crippen molar-refractivity contribution in [2.45, 2.75) is 19.8 Å². The van der Waals surface area contributed by atoms with Crippen molar-refractivity contribution in [3.05, 3.63) is 29.6 Å². The van der Waals surface area contributed by atoms with E-state index >= 15 is 0 Å². The standard InChI is InChI=1S/C14H19F3N2/c1-2-4-18-8-10-3-5-19(9-10)11-6-12(15)14(17)13(16)7-11/h6-7,10,18H,2-5,8-9H2,1H3. The van der Waals surface area contributed by atoms with Gasteiger partial charge in [-0.25, -0.2) is 13.2 Å². The first-order chi connectivity index (χ1) is 9.11. The highest BCUT2D eigenvalue weighted by Gasteiger charge is 2.24. The summed E-state index contributed by atoms with van der Waals surface area (Å²) in [6, 6.07) is 2.14. The lowest BCUT2D eigenvalue weighted by Gasteiger charge is -2.19. The van der Waals surface area contributed by atoms with Crippen LogP contribution in [0.2, 0.25) is 0 Å². The molecule has 0 aromatic heterocycles. The lowest BCUT2D eigenvalue weighted by molar-refractivity contribution is 0.447. The highest BCUT2D eigenvalue weighted by molar-refractivity contribution is 5.48. The normalized spacial score (nSPS) is 19.2. The SMILES string of the molecule is CCCNCC1CCN(c2cc(F)c(F)c(F)c2)C1. The lowest BCUT2D eigenvalue weighted by Crippen LogP contribution is -2.27. The number of hydrogen-bond acceptors (Lipinski definition) is 2. The molecule has 1 aromatic rings. The predicted molar refractivity (Wildman–Crippen MR) is 69.8 cm³/mol. The van der Waals surface area contributed by atoms with Crippen LogP contribution in [0.25, 0.3) is 0 Å². The molecule has 5 heteroatoms. The van der Waals surface area contributed by atoms with Gasteiger partial charge in [0.1, 0.15) is 0 Å². The van der Waals surface area contributed by atoms with Crippen LogP contribution < -0.4 is 10.2 Å². The smallest absolute Gasteiger partial charge is 0.194 e. The van der Waals surface area contributed by atoms with Gasteiger partial charge in [-0.2, -0.15) is 0 Å². The van der Waals surface area contributed by atoms with Crippen LogP contribution >= 0.6 is 0 Å². The molecule has 1 unspecified atom stereocenters. The summed E-state index contributed by atoms with van der Waals surface area (Å²) in [6.07, 6.45) is 2.07. The molecule has 0 amide bonds. The maximum atomic E-state index is 13.2. The molecule has 1 fully saturated rings. The van der Waals surface area contributed by atoms with Crippen LogP contribution in [0.15, 0.2) is 12.1 Å². The molecule has 0 spiro atoms. The first-order valence-electron chi connectivity index (χ1n) is 6.72. The van der Waals surface area contributed by atoms with Gasteiger partial charge in [-0.3, -0.25) is 0 Å². The van der Waals surface area contributed by atoms with E-state index in [2.05, 4.69) is 12.2 Å². The van der Waals surface area contributed by atoms with Crippen molar-refractivity contribution in [1.29, 1.82) is 0 Å². The van der Waals surface area contributed by atoms with Crippen molar-refractivity contribution in [3.63, 3.8) is 0 Å². The molecule has 0 aliphatic carbocycles. The number of rotatable bonds is 5. The Morgan fingerprint density at radius 3 is 2.58 bits per heavy atom. The van der Waals surface area contributed by atoms with Crippen LogP contribution in [0.4, 0.5) is 18.9 Å². The van der Waals surface area contributed by atoms with Crippen LogP contribution in [0.5, 0.6) is 0 Å². The van der Waals surface area contributed by atoms with E-state index in [1.807, 2.05) is 4.90 Å². The molecule has 1 aliphatic rings. The number of hydrogen-bond donors (Lipinski definition) is 1. The van der Waals surface area contributed by atoms with Gasteiger partial charge in [-0.1, -0.05) is 6.92 Å². The van der Waals surface area contributed by atoms with Crippen LogP contribution in [0, 0.1) is 23.4 Å². The summed E-state index contributed by atoms with van der Waals surface area (Å²) in [7, 11) is 0. The van der Waals surface area contributed by atoms with Gasteiger partial charge < -0.3 is 10.2 Å². The average Bonchev–Trinajstić information content (AvgIpc) is 2.84. The van der Waals surface area contributed by atoms with Crippen LogP contribution in [-0.2, 0) is 0 Å². The summed E-state index contributed by atoms with van der Waals surface area (Å²) in [4.78, 5) is 1.91. The summed E-state index contributed by atoms with van der Waals surface area (Å²) in [5.74, 6) is -3.17. The summed E-state index contributed by atoms with van der Waals surface area (Å²) < 4.78 is 39.3. The molecular formula is C14H19F3N2. The lowest BCUT2D eigenvalue weighted by atomic mass is 10.1. The van der Waals surface area contributed by atoms with Crippen LogP contribution in [0.3, 0.4) is 0 Å². The molecule has 1 atom stereocenters. The van der Waals surface area contributed by atoms with E-state index in [9.17, 15) is 13.2 Å². The zero-order valence-electron chi connectivity index (χ0n) is 11.1. The van der Waals surface area contributed by atoms with Crippen molar-refractivity contribution in [2.75, 3.05) is 31.1 Å². The zero-order chi connectivity index (χ0) is 13.8. The van der Waals surface area contributed by atoms with Gasteiger partial charge in [0.05, 0.1) is 0 Å². The highest BCUT2D eigenvalue weighted by atomic mass is 19.2. The van der Waals surface area contributed by atoms with Gasteiger partial charge in [0.2, 0.25) is 0 Å². The molecule has 1 aromatic carbocycles. The molecule has 2 nitrogen and oxygen atoms in total. The minimum absolute atomic E-state index is 0.425. The molecule has 1 heterocycles. The van der Waals surface area contributed by atoms with Crippen molar-refractivity contribution in [2.24, 2.45) is 5.92 Å². The van der Waals surface area contributed by atoms with Gasteiger partial charge in [0.15, 0.2) is 17.5 Å². The number of benzene rings is 1. The third-order valence-corrected chi connectivity index (χ3v) is 3.48. The Bertz CT molecular complexity index is 414. The minimum atomic E-state index is -1.40. The van der Waals surface area contributed by atoms with Gasteiger partial charge in [-0.05, 0) is 31.8 Å². The Balaban J connectivity index is 1.97. The number of nitrogens with one attached hydrogen (secondary N) is 1. The Morgan fingerprint density at radius 1 is 1.26 bits per heavy atom. The second-order valence-corrected chi connectivity index (χ2v) is 5.03. The van der Waals surface area contributed by atoms with Gasteiger partial charge in [0.25, 0.3) is 0 Å². The fourth-order valence-corrected chi connectivity index (χ4v) is 2.44. The van der Waals surface area contributed by atoms with Crippen molar-refractivity contribution >= 4 is 5.69 Å². The molecule has 106 valence electrons. The molecule has 0 bridgehead atoms. The molecule has 1 saturated heterocycles. The van der Waals surface area contributed by atoms with E-state index < -0.39 is 17.5 Å². The molecule has 1 aliphatic heterocycles. The van der Waals surface area contributed by atoms with E-state index in [1.54, 1.807) is 0 Å². The fraction of sp³-hybridized carbons (Fsp3) is 0.571. The largest absolute Gasteiger partial charge is 0.371 e. The van der Waals surface area contributed by atoms with Crippen molar-refractivity contribution < 1.29 is 13.2 Å². The van der Waals surface area contributed by atoms with E-state index in [0.717, 1.165) is 51.2 Å². The van der Waals surface area contributed by atoms with E-state index in [-0.39, 0.29) is 0 Å². The second kappa shape index (κ2) is 6.28. The molecule has 2 rings (SSSR count). The Morgan fingerprint density at radius 2 is 1.95 bits per heavy atom. The summed E-state index contributed by atoms with van der Waals surface area (Å²) >= 11 is 0. The number of anilines is 1. The van der Waals surface area contributed by atoms with Crippen molar-refractivity contribution in [1.82, 2.24) is 5.32 Å². The van der Waals surface area contributed by atoms with Gasteiger partial charge in [-0.15, -0.1) is 0 Å². The Kier molecular flexibility index (Phi) is 4.69. The maximum absolute atomic E-state index is 13.2. The number of halogens is 3. The first kappa shape index (κ1) is 14.2. The topological polar surface area (TPSA) is 15.3 Å². The number of nitrogens with zero attached hydrogens (tertiary/aromatic N) is 1. The monoisotopic (exact) mass is 272 g/mol. The van der Waals surface area contributed by atoms with Crippen molar-refractivity contribution in [3.8, 4) is 0 Å².